The van der Waals surface area contributed by atoms with Crippen molar-refractivity contribution in [3.8, 4) is 0 Å². The highest BCUT2D eigenvalue weighted by molar-refractivity contribution is 5.95. The Bertz CT molecular complexity index is 1010. The van der Waals surface area contributed by atoms with Crippen LogP contribution in [0.1, 0.15) is 45.0 Å². The van der Waals surface area contributed by atoms with E-state index in [2.05, 4.69) is 20.2 Å². The number of nitrogens with one attached hydrogen (secondary N) is 1. The zero-order chi connectivity index (χ0) is 20.4. The maximum absolute atomic E-state index is 13.2. The Labute approximate surface area is 168 Å². The molecule has 0 saturated carbocycles. The second kappa shape index (κ2) is 7.86. The third kappa shape index (κ3) is 3.75. The average Bonchev–Trinajstić information content (AvgIpc) is 3.29. The highest BCUT2D eigenvalue weighted by Gasteiger charge is 2.35. The van der Waals surface area contributed by atoms with Crippen molar-refractivity contribution in [3.05, 3.63) is 65.8 Å². The molecular formula is C20H23N7O2. The van der Waals surface area contributed by atoms with Crippen molar-refractivity contribution in [2.45, 2.75) is 19.4 Å². The van der Waals surface area contributed by atoms with Crippen molar-refractivity contribution in [1.82, 2.24) is 34.5 Å². The summed E-state index contributed by atoms with van der Waals surface area (Å²) in [5.74, 6) is 0.998. The van der Waals surface area contributed by atoms with Gasteiger partial charge in [0.15, 0.2) is 5.82 Å². The molecule has 1 saturated heterocycles. The maximum Gasteiger partial charge on any atom is 0.270 e. The Hall–Kier alpha value is -3.49. The number of amides is 2. The van der Waals surface area contributed by atoms with Crippen LogP contribution in [0.15, 0.2) is 42.9 Å². The van der Waals surface area contributed by atoms with Crippen LogP contribution in [0, 0.1) is 6.92 Å². The summed E-state index contributed by atoms with van der Waals surface area (Å²) in [7, 11) is 1.85. The van der Waals surface area contributed by atoms with Crippen molar-refractivity contribution in [2.75, 3.05) is 19.6 Å². The summed E-state index contributed by atoms with van der Waals surface area (Å²) in [5, 5.41) is 7.15. The lowest BCUT2D eigenvalue weighted by atomic mass is 10.1. The van der Waals surface area contributed by atoms with Gasteiger partial charge in [0.2, 0.25) is 0 Å². The van der Waals surface area contributed by atoms with Gasteiger partial charge in [0.1, 0.15) is 17.6 Å². The van der Waals surface area contributed by atoms with E-state index in [9.17, 15) is 9.59 Å². The van der Waals surface area contributed by atoms with Crippen molar-refractivity contribution in [1.29, 1.82) is 0 Å². The molecule has 29 heavy (non-hydrogen) atoms. The van der Waals surface area contributed by atoms with Gasteiger partial charge in [0, 0.05) is 50.8 Å². The minimum atomic E-state index is -0.438. The first-order chi connectivity index (χ1) is 14.0. The smallest absolute Gasteiger partial charge is 0.270 e. The fourth-order valence-corrected chi connectivity index (χ4v) is 3.65. The average molecular weight is 393 g/mol. The monoisotopic (exact) mass is 393 g/mol. The molecule has 3 aromatic heterocycles. The predicted molar refractivity (Wildman–Crippen MR) is 105 cm³/mol. The largest absolute Gasteiger partial charge is 0.347 e. The van der Waals surface area contributed by atoms with Crippen LogP contribution in [0.25, 0.3) is 0 Å². The van der Waals surface area contributed by atoms with Gasteiger partial charge in [-0.2, -0.15) is 5.10 Å². The van der Waals surface area contributed by atoms with Gasteiger partial charge in [0.25, 0.3) is 11.8 Å². The fraction of sp³-hybridized carbons (Fsp3) is 0.350. The molecule has 1 aliphatic rings. The first kappa shape index (κ1) is 18.9. The zero-order valence-electron chi connectivity index (χ0n) is 16.4. The van der Waals surface area contributed by atoms with E-state index in [0.717, 1.165) is 0 Å². The Morgan fingerprint density at radius 2 is 1.93 bits per heavy atom. The van der Waals surface area contributed by atoms with Crippen molar-refractivity contribution >= 4 is 11.8 Å². The minimum absolute atomic E-state index is 0.0621. The lowest BCUT2D eigenvalue weighted by molar-refractivity contribution is 0.0619. The van der Waals surface area contributed by atoms with Crippen LogP contribution in [-0.2, 0) is 7.05 Å². The molecule has 150 valence electrons. The van der Waals surface area contributed by atoms with Crippen LogP contribution in [0.4, 0.5) is 0 Å². The number of nitrogens with zero attached hydrogens (tertiary/aromatic N) is 6. The molecule has 1 aliphatic heterocycles. The molecule has 1 N–H and O–H groups in total. The second-order valence-electron chi connectivity index (χ2n) is 7.14. The van der Waals surface area contributed by atoms with E-state index in [-0.39, 0.29) is 11.8 Å². The topological polar surface area (TPSA) is 100 Å². The Morgan fingerprint density at radius 1 is 1.14 bits per heavy atom. The molecule has 0 aliphatic carbocycles. The van der Waals surface area contributed by atoms with Gasteiger partial charge in [-0.15, -0.1) is 0 Å². The van der Waals surface area contributed by atoms with Crippen LogP contribution >= 0.6 is 0 Å². The minimum Gasteiger partial charge on any atom is -0.347 e. The molecule has 1 unspecified atom stereocenters. The number of aromatic nitrogens is 5. The lowest BCUT2D eigenvalue weighted by Crippen LogP contribution is -2.41. The van der Waals surface area contributed by atoms with E-state index < -0.39 is 6.04 Å². The zero-order valence-corrected chi connectivity index (χ0v) is 16.4. The van der Waals surface area contributed by atoms with Crippen molar-refractivity contribution < 1.29 is 9.59 Å². The number of carbonyl (C=O) groups excluding carboxylic acids is 2. The van der Waals surface area contributed by atoms with Crippen LogP contribution < -0.4 is 0 Å². The van der Waals surface area contributed by atoms with Crippen LogP contribution in [0.2, 0.25) is 0 Å². The molecule has 0 aromatic carbocycles. The molecule has 1 atom stereocenters. The summed E-state index contributed by atoms with van der Waals surface area (Å²) >= 11 is 0. The first-order valence-electron chi connectivity index (χ1n) is 9.55. The highest BCUT2D eigenvalue weighted by atomic mass is 16.2. The number of rotatable bonds is 3. The molecule has 0 radical (unpaired) electrons. The van der Waals surface area contributed by atoms with E-state index in [4.69, 9.17) is 0 Å². The van der Waals surface area contributed by atoms with Gasteiger partial charge in [0.05, 0.1) is 0 Å². The highest BCUT2D eigenvalue weighted by Crippen LogP contribution is 2.25. The third-order valence-electron chi connectivity index (χ3n) is 5.15. The van der Waals surface area contributed by atoms with Crippen molar-refractivity contribution in [2.24, 2.45) is 7.05 Å². The molecule has 9 nitrogen and oxygen atoms in total. The van der Waals surface area contributed by atoms with Crippen LogP contribution in [-0.4, -0.2) is 66.0 Å². The molecule has 0 bridgehead atoms. The third-order valence-corrected chi connectivity index (χ3v) is 5.15. The van der Waals surface area contributed by atoms with Gasteiger partial charge in [-0.25, -0.2) is 4.98 Å². The normalized spacial score (nSPS) is 17.2. The molecule has 9 heteroatoms. The number of aromatic amines is 1. The molecule has 2 amide bonds. The summed E-state index contributed by atoms with van der Waals surface area (Å²) in [6.07, 6.45) is 5.72. The first-order valence-corrected chi connectivity index (χ1v) is 9.55. The van der Waals surface area contributed by atoms with E-state index >= 15 is 0 Å². The molecule has 1 fully saturated rings. The summed E-state index contributed by atoms with van der Waals surface area (Å²) in [4.78, 5) is 38.3. The molecule has 3 aromatic rings. The number of H-pyrrole nitrogens is 1. The van der Waals surface area contributed by atoms with Gasteiger partial charge in [-0.1, -0.05) is 0 Å². The predicted octanol–water partition coefficient (Wildman–Crippen LogP) is 1.58. The van der Waals surface area contributed by atoms with Crippen LogP contribution in [0.3, 0.4) is 0 Å². The Balaban J connectivity index is 1.67. The maximum atomic E-state index is 13.2. The Morgan fingerprint density at radius 3 is 2.59 bits per heavy atom. The Kier molecular flexibility index (Phi) is 5.11. The van der Waals surface area contributed by atoms with Gasteiger partial charge < -0.3 is 14.4 Å². The van der Waals surface area contributed by atoms with E-state index in [1.54, 1.807) is 45.0 Å². The molecule has 0 spiro atoms. The van der Waals surface area contributed by atoms with Crippen molar-refractivity contribution in [3.63, 3.8) is 0 Å². The van der Waals surface area contributed by atoms with Gasteiger partial charge >= 0.3 is 0 Å². The number of aryl methyl sites for hydroxylation is 2. The molecule has 4 heterocycles. The second-order valence-corrected chi connectivity index (χ2v) is 7.14. The number of hydrogen-bond acceptors (Lipinski definition) is 5. The standard InChI is InChI=1S/C20H23N7O2/c1-14-22-18(24-23-14)17-13-26(20(29)16-5-3-10-25(16)2)11-4-12-27(17)19(28)15-6-8-21-9-7-15/h3,5-10,17H,4,11-13H2,1-2H3,(H,22,23,24). The summed E-state index contributed by atoms with van der Waals surface area (Å²) in [6.45, 7) is 3.22. The van der Waals surface area contributed by atoms with E-state index in [1.165, 1.54) is 0 Å². The number of carbonyl (C=O) groups is 2. The molecule has 4 rings (SSSR count). The van der Waals surface area contributed by atoms with E-state index in [0.29, 0.717) is 49.0 Å². The van der Waals surface area contributed by atoms with Gasteiger partial charge in [-0.3, -0.25) is 19.7 Å². The summed E-state index contributed by atoms with van der Waals surface area (Å²) in [6, 6.07) is 6.60. The van der Waals surface area contributed by atoms with E-state index in [1.807, 2.05) is 26.2 Å². The summed E-state index contributed by atoms with van der Waals surface area (Å²) in [5.41, 5.74) is 1.17. The lowest BCUT2D eigenvalue weighted by Gasteiger charge is -2.30. The number of pyridine rings is 1. The fourth-order valence-electron chi connectivity index (χ4n) is 3.65. The SMILES string of the molecule is Cc1nc(C2CN(C(=O)c3cccn3C)CCCN2C(=O)c2ccncc2)n[nH]1. The quantitative estimate of drug-likeness (QED) is 0.728. The summed E-state index contributed by atoms with van der Waals surface area (Å²) < 4.78 is 1.80. The number of hydrogen-bond donors (Lipinski definition) is 1. The van der Waals surface area contributed by atoms with Gasteiger partial charge in [-0.05, 0) is 37.6 Å². The molecular weight excluding hydrogens is 370 g/mol. The van der Waals surface area contributed by atoms with Crippen LogP contribution in [0.5, 0.6) is 0 Å².